The monoisotopic (exact) mass is 437 g/mol. The molecule has 8 nitrogen and oxygen atoms in total. The zero-order valence-electron chi connectivity index (χ0n) is 18.8. The highest BCUT2D eigenvalue weighted by molar-refractivity contribution is 5.90. The third-order valence-electron chi connectivity index (χ3n) is 4.61. The fraction of sp³-hybridized carbons (Fsp3) is 0.333. The SMILES string of the molecule is CCOC(=O)c1cnc(-c2cnc(OCc3ccc(OC)cc3)c(OCC)c2)nc1CC. The molecule has 32 heavy (non-hydrogen) atoms. The largest absolute Gasteiger partial charge is 0.497 e. The van der Waals surface area contributed by atoms with E-state index in [-0.39, 0.29) is 0 Å². The van der Waals surface area contributed by atoms with Crippen molar-refractivity contribution in [3.63, 3.8) is 0 Å². The molecule has 0 saturated heterocycles. The van der Waals surface area contributed by atoms with Crippen molar-refractivity contribution in [2.24, 2.45) is 0 Å². The summed E-state index contributed by atoms with van der Waals surface area (Å²) in [6, 6.07) is 9.40. The molecule has 2 heterocycles. The van der Waals surface area contributed by atoms with Crippen LogP contribution in [0.15, 0.2) is 42.7 Å². The van der Waals surface area contributed by atoms with Crippen molar-refractivity contribution in [1.29, 1.82) is 0 Å². The summed E-state index contributed by atoms with van der Waals surface area (Å²) >= 11 is 0. The number of carbonyl (C=O) groups is 1. The van der Waals surface area contributed by atoms with Gasteiger partial charge in [-0.25, -0.2) is 19.7 Å². The van der Waals surface area contributed by atoms with Crippen LogP contribution in [-0.4, -0.2) is 41.2 Å². The molecule has 8 heteroatoms. The van der Waals surface area contributed by atoms with Gasteiger partial charge in [0.2, 0.25) is 0 Å². The molecule has 0 N–H and O–H groups in total. The van der Waals surface area contributed by atoms with E-state index in [1.807, 2.05) is 38.1 Å². The Morgan fingerprint density at radius 2 is 1.75 bits per heavy atom. The van der Waals surface area contributed by atoms with Gasteiger partial charge in [0.05, 0.1) is 31.6 Å². The first kappa shape index (κ1) is 23.0. The fourth-order valence-electron chi connectivity index (χ4n) is 3.00. The number of hydrogen-bond acceptors (Lipinski definition) is 8. The van der Waals surface area contributed by atoms with Gasteiger partial charge in [-0.2, -0.15) is 0 Å². The average Bonchev–Trinajstić information content (AvgIpc) is 2.83. The lowest BCUT2D eigenvalue weighted by Gasteiger charge is -2.13. The topological polar surface area (TPSA) is 92.7 Å². The molecule has 0 unspecified atom stereocenters. The average molecular weight is 437 g/mol. The molecule has 0 saturated carbocycles. The Bertz CT molecular complexity index is 1050. The van der Waals surface area contributed by atoms with Crippen molar-refractivity contribution in [1.82, 2.24) is 15.0 Å². The van der Waals surface area contributed by atoms with E-state index < -0.39 is 5.97 Å². The minimum absolute atomic E-state index is 0.295. The number of aryl methyl sites for hydroxylation is 1. The predicted molar refractivity (Wildman–Crippen MR) is 119 cm³/mol. The number of ether oxygens (including phenoxy) is 4. The second-order valence-electron chi connectivity index (χ2n) is 6.73. The van der Waals surface area contributed by atoms with Gasteiger partial charge in [0, 0.05) is 18.0 Å². The Morgan fingerprint density at radius 1 is 0.969 bits per heavy atom. The van der Waals surface area contributed by atoms with Crippen molar-refractivity contribution in [3.8, 4) is 28.8 Å². The number of esters is 1. The number of benzene rings is 1. The number of aromatic nitrogens is 3. The van der Waals surface area contributed by atoms with Crippen molar-refractivity contribution in [2.45, 2.75) is 33.8 Å². The number of rotatable bonds is 10. The molecule has 0 spiro atoms. The molecule has 2 aromatic heterocycles. The van der Waals surface area contributed by atoms with Crippen LogP contribution in [0.25, 0.3) is 11.4 Å². The van der Waals surface area contributed by atoms with Crippen LogP contribution in [0.3, 0.4) is 0 Å². The van der Waals surface area contributed by atoms with Crippen molar-refractivity contribution in [2.75, 3.05) is 20.3 Å². The lowest BCUT2D eigenvalue weighted by molar-refractivity contribution is 0.0524. The summed E-state index contributed by atoms with van der Waals surface area (Å²) in [5.41, 5.74) is 2.63. The van der Waals surface area contributed by atoms with Crippen molar-refractivity contribution < 1.29 is 23.7 Å². The molecular formula is C24H27N3O5. The highest BCUT2D eigenvalue weighted by Gasteiger charge is 2.17. The fourth-order valence-corrected chi connectivity index (χ4v) is 3.00. The smallest absolute Gasteiger partial charge is 0.341 e. The van der Waals surface area contributed by atoms with Gasteiger partial charge in [-0.15, -0.1) is 0 Å². The van der Waals surface area contributed by atoms with Crippen LogP contribution in [0.5, 0.6) is 17.4 Å². The maximum Gasteiger partial charge on any atom is 0.341 e. The molecule has 0 aliphatic heterocycles. The highest BCUT2D eigenvalue weighted by Crippen LogP contribution is 2.30. The quantitative estimate of drug-likeness (QED) is 0.434. The number of methoxy groups -OCH3 is 1. The summed E-state index contributed by atoms with van der Waals surface area (Å²) in [6.07, 6.45) is 3.69. The van der Waals surface area contributed by atoms with E-state index in [4.69, 9.17) is 18.9 Å². The normalized spacial score (nSPS) is 10.5. The maximum absolute atomic E-state index is 12.1. The Morgan fingerprint density at radius 3 is 2.41 bits per heavy atom. The van der Waals surface area contributed by atoms with Crippen LogP contribution in [0.1, 0.15) is 42.4 Å². The number of carbonyl (C=O) groups excluding carboxylic acids is 1. The van der Waals surface area contributed by atoms with Gasteiger partial charge in [-0.3, -0.25) is 0 Å². The standard InChI is InChI=1S/C24H27N3O5/c1-5-20-19(24(28)31-7-3)14-25-22(27-20)17-12-21(30-6-2)23(26-13-17)32-15-16-8-10-18(29-4)11-9-16/h8-14H,5-7,15H2,1-4H3. The van der Waals surface area contributed by atoms with Crippen LogP contribution >= 0.6 is 0 Å². The third-order valence-corrected chi connectivity index (χ3v) is 4.61. The number of nitrogens with zero attached hydrogens (tertiary/aromatic N) is 3. The van der Waals surface area contributed by atoms with Gasteiger partial charge in [0.1, 0.15) is 12.4 Å². The van der Waals surface area contributed by atoms with E-state index >= 15 is 0 Å². The lowest BCUT2D eigenvalue weighted by atomic mass is 10.1. The number of hydrogen-bond donors (Lipinski definition) is 0. The van der Waals surface area contributed by atoms with Gasteiger partial charge < -0.3 is 18.9 Å². The molecular weight excluding hydrogens is 410 g/mol. The van der Waals surface area contributed by atoms with Crippen LogP contribution in [0.4, 0.5) is 0 Å². The molecule has 0 aliphatic rings. The van der Waals surface area contributed by atoms with Gasteiger partial charge in [-0.05, 0) is 44.0 Å². The second-order valence-corrected chi connectivity index (χ2v) is 6.73. The van der Waals surface area contributed by atoms with Gasteiger partial charge in [0.15, 0.2) is 11.6 Å². The molecule has 0 aliphatic carbocycles. The summed E-state index contributed by atoms with van der Waals surface area (Å²) in [5.74, 6) is 1.68. The Labute approximate surface area is 187 Å². The summed E-state index contributed by atoms with van der Waals surface area (Å²) in [4.78, 5) is 25.4. The summed E-state index contributed by atoms with van der Waals surface area (Å²) in [7, 11) is 1.63. The molecule has 0 amide bonds. The van der Waals surface area contributed by atoms with Gasteiger partial charge in [-0.1, -0.05) is 19.1 Å². The van der Waals surface area contributed by atoms with Gasteiger partial charge in [0.25, 0.3) is 5.88 Å². The number of pyridine rings is 1. The van der Waals surface area contributed by atoms with Crippen LogP contribution in [-0.2, 0) is 17.8 Å². The van der Waals surface area contributed by atoms with Crippen LogP contribution in [0.2, 0.25) is 0 Å². The molecule has 0 radical (unpaired) electrons. The zero-order chi connectivity index (χ0) is 22.9. The van der Waals surface area contributed by atoms with E-state index in [0.717, 1.165) is 11.3 Å². The van der Waals surface area contributed by atoms with Gasteiger partial charge >= 0.3 is 5.97 Å². The minimum atomic E-state index is -0.425. The minimum Gasteiger partial charge on any atom is -0.497 e. The Hall–Kier alpha value is -3.68. The van der Waals surface area contributed by atoms with Crippen LogP contribution in [0, 0.1) is 0 Å². The maximum atomic E-state index is 12.1. The molecule has 3 rings (SSSR count). The van der Waals surface area contributed by atoms with E-state index in [1.165, 1.54) is 6.20 Å². The van der Waals surface area contributed by atoms with E-state index in [9.17, 15) is 4.79 Å². The summed E-state index contributed by atoms with van der Waals surface area (Å²) in [5, 5.41) is 0. The summed E-state index contributed by atoms with van der Waals surface area (Å²) in [6.45, 7) is 6.66. The molecule has 0 bridgehead atoms. The Kier molecular flexibility index (Phi) is 7.96. The second kappa shape index (κ2) is 11.1. The first-order valence-electron chi connectivity index (χ1n) is 10.5. The summed E-state index contributed by atoms with van der Waals surface area (Å²) < 4.78 is 21.9. The van der Waals surface area contributed by atoms with E-state index in [0.29, 0.717) is 60.5 Å². The lowest BCUT2D eigenvalue weighted by Crippen LogP contribution is -2.11. The van der Waals surface area contributed by atoms with Crippen LogP contribution < -0.4 is 14.2 Å². The highest BCUT2D eigenvalue weighted by atomic mass is 16.5. The van der Waals surface area contributed by atoms with Crippen molar-refractivity contribution >= 4 is 5.97 Å². The predicted octanol–water partition coefficient (Wildman–Crippen LogP) is 4.26. The molecule has 0 atom stereocenters. The zero-order valence-corrected chi connectivity index (χ0v) is 18.8. The first-order valence-corrected chi connectivity index (χ1v) is 10.5. The molecule has 168 valence electrons. The third kappa shape index (κ3) is 5.51. The molecule has 3 aromatic rings. The molecule has 0 fully saturated rings. The van der Waals surface area contributed by atoms with E-state index in [1.54, 1.807) is 26.3 Å². The van der Waals surface area contributed by atoms with Crippen molar-refractivity contribution in [3.05, 3.63) is 59.5 Å². The molecule has 1 aromatic carbocycles. The Balaban J connectivity index is 1.83. The first-order chi connectivity index (χ1) is 15.6. The van der Waals surface area contributed by atoms with E-state index in [2.05, 4.69) is 15.0 Å².